The number of benzene rings is 1. The predicted octanol–water partition coefficient (Wildman–Crippen LogP) is 2.98. The van der Waals surface area contributed by atoms with Crippen LogP contribution in [0.25, 0.3) is 0 Å². The van der Waals surface area contributed by atoms with E-state index in [0.717, 1.165) is 19.3 Å². The molecule has 2 rings (SSSR count). The van der Waals surface area contributed by atoms with Crippen LogP contribution in [0.15, 0.2) is 18.2 Å². The fourth-order valence-corrected chi connectivity index (χ4v) is 2.62. The van der Waals surface area contributed by atoms with Gasteiger partial charge in [-0.05, 0) is 30.9 Å². The molecule has 0 radical (unpaired) electrons. The third-order valence-electron chi connectivity index (χ3n) is 3.82. The Labute approximate surface area is 117 Å². The maximum atomic E-state index is 11.5. The molecule has 0 aliphatic heterocycles. The van der Waals surface area contributed by atoms with E-state index in [0.29, 0.717) is 17.2 Å². The molecular weight excluding hydrogens is 260 g/mol. The first-order valence-electron chi connectivity index (χ1n) is 6.66. The minimum atomic E-state index is -0.498. The molecule has 0 amide bonds. The van der Waals surface area contributed by atoms with Gasteiger partial charge in [0.25, 0.3) is 5.69 Å². The van der Waals surface area contributed by atoms with Gasteiger partial charge in [0, 0.05) is 12.1 Å². The number of nitro benzene ring substituents is 1. The molecule has 0 aromatic heterocycles. The molecule has 20 heavy (non-hydrogen) atoms. The molecule has 0 bridgehead atoms. The monoisotopic (exact) mass is 278 g/mol. The quantitative estimate of drug-likeness (QED) is 0.520. The van der Waals surface area contributed by atoms with Crippen LogP contribution in [0, 0.1) is 16.0 Å². The first-order valence-corrected chi connectivity index (χ1v) is 6.66. The standard InChI is InChI=1S/C14H18N2O4/c1-9-4-3-5-11(9)15-12-8-10(14(17)20-2)6-7-13(12)16(18)19/h6-9,11,15H,3-5H2,1-2H3. The van der Waals surface area contributed by atoms with Crippen molar-refractivity contribution in [2.24, 2.45) is 5.92 Å². The molecule has 6 heteroatoms. The molecule has 0 heterocycles. The highest BCUT2D eigenvalue weighted by Gasteiger charge is 2.26. The summed E-state index contributed by atoms with van der Waals surface area (Å²) in [6.07, 6.45) is 3.21. The zero-order valence-electron chi connectivity index (χ0n) is 11.6. The topological polar surface area (TPSA) is 81.5 Å². The fourth-order valence-electron chi connectivity index (χ4n) is 2.62. The third kappa shape index (κ3) is 2.89. The van der Waals surface area contributed by atoms with Crippen molar-refractivity contribution < 1.29 is 14.5 Å². The van der Waals surface area contributed by atoms with Gasteiger partial charge < -0.3 is 10.1 Å². The minimum Gasteiger partial charge on any atom is -0.465 e. The van der Waals surface area contributed by atoms with Gasteiger partial charge in [0.05, 0.1) is 17.6 Å². The average Bonchev–Trinajstić information content (AvgIpc) is 2.83. The van der Waals surface area contributed by atoms with Gasteiger partial charge in [-0.25, -0.2) is 4.79 Å². The Kier molecular flexibility index (Phi) is 4.22. The van der Waals surface area contributed by atoms with Crippen LogP contribution >= 0.6 is 0 Å². The molecular formula is C14H18N2O4. The molecule has 1 aromatic rings. The van der Waals surface area contributed by atoms with Crippen molar-refractivity contribution >= 4 is 17.3 Å². The van der Waals surface area contributed by atoms with Crippen molar-refractivity contribution in [2.45, 2.75) is 32.2 Å². The van der Waals surface area contributed by atoms with E-state index >= 15 is 0 Å². The van der Waals surface area contributed by atoms with Crippen LogP contribution in [0.5, 0.6) is 0 Å². The van der Waals surface area contributed by atoms with Gasteiger partial charge in [0.15, 0.2) is 0 Å². The van der Waals surface area contributed by atoms with Crippen LogP contribution < -0.4 is 5.32 Å². The number of rotatable bonds is 4. The molecule has 1 saturated carbocycles. The number of carbonyl (C=O) groups excluding carboxylic acids is 1. The van der Waals surface area contributed by atoms with Gasteiger partial charge in [-0.15, -0.1) is 0 Å². The number of hydrogen-bond donors (Lipinski definition) is 1. The van der Waals surface area contributed by atoms with Crippen LogP contribution in [-0.2, 0) is 4.74 Å². The molecule has 1 N–H and O–H groups in total. The summed E-state index contributed by atoms with van der Waals surface area (Å²) in [6, 6.07) is 4.46. The maximum absolute atomic E-state index is 11.5. The summed E-state index contributed by atoms with van der Waals surface area (Å²) in [5.74, 6) is -0.0289. The van der Waals surface area contributed by atoms with Crippen LogP contribution in [0.2, 0.25) is 0 Å². The van der Waals surface area contributed by atoms with Gasteiger partial charge in [-0.3, -0.25) is 10.1 Å². The zero-order valence-corrected chi connectivity index (χ0v) is 11.6. The van der Waals surface area contributed by atoms with Gasteiger partial charge >= 0.3 is 5.97 Å². The van der Waals surface area contributed by atoms with Crippen LogP contribution in [0.3, 0.4) is 0 Å². The highest BCUT2D eigenvalue weighted by Crippen LogP contribution is 2.32. The Morgan fingerprint density at radius 2 is 2.20 bits per heavy atom. The van der Waals surface area contributed by atoms with Crippen molar-refractivity contribution in [3.63, 3.8) is 0 Å². The molecule has 1 aliphatic carbocycles. The van der Waals surface area contributed by atoms with Crippen LogP contribution in [-0.4, -0.2) is 24.0 Å². The Morgan fingerprint density at radius 1 is 1.45 bits per heavy atom. The smallest absolute Gasteiger partial charge is 0.337 e. The minimum absolute atomic E-state index is 0.0169. The summed E-state index contributed by atoms with van der Waals surface area (Å²) >= 11 is 0. The molecule has 0 spiro atoms. The van der Waals surface area contributed by atoms with E-state index in [1.54, 1.807) is 0 Å². The van der Waals surface area contributed by atoms with E-state index in [-0.39, 0.29) is 11.7 Å². The lowest BCUT2D eigenvalue weighted by molar-refractivity contribution is -0.384. The number of nitrogens with zero attached hydrogens (tertiary/aromatic N) is 1. The molecule has 1 fully saturated rings. The number of hydrogen-bond acceptors (Lipinski definition) is 5. The summed E-state index contributed by atoms with van der Waals surface area (Å²) in [4.78, 5) is 22.2. The predicted molar refractivity (Wildman–Crippen MR) is 74.9 cm³/mol. The first-order chi connectivity index (χ1) is 9.52. The molecule has 1 aliphatic rings. The van der Waals surface area contributed by atoms with Crippen molar-refractivity contribution in [1.29, 1.82) is 0 Å². The molecule has 6 nitrogen and oxygen atoms in total. The summed E-state index contributed by atoms with van der Waals surface area (Å²) in [5.41, 5.74) is 0.680. The summed E-state index contributed by atoms with van der Waals surface area (Å²) in [5, 5.41) is 14.3. The van der Waals surface area contributed by atoms with Gasteiger partial charge in [-0.1, -0.05) is 13.3 Å². The Balaban J connectivity index is 2.31. The van der Waals surface area contributed by atoms with E-state index in [4.69, 9.17) is 0 Å². The lowest BCUT2D eigenvalue weighted by Crippen LogP contribution is -2.22. The number of nitro groups is 1. The number of ether oxygens (including phenoxy) is 1. The van der Waals surface area contributed by atoms with Crippen LogP contribution in [0.1, 0.15) is 36.5 Å². The van der Waals surface area contributed by atoms with Crippen molar-refractivity contribution in [3.05, 3.63) is 33.9 Å². The second-order valence-corrected chi connectivity index (χ2v) is 5.14. The Morgan fingerprint density at radius 3 is 2.75 bits per heavy atom. The first kappa shape index (κ1) is 14.3. The SMILES string of the molecule is COC(=O)c1ccc([N+](=O)[O-])c(NC2CCCC2C)c1. The largest absolute Gasteiger partial charge is 0.465 e. The summed E-state index contributed by atoms with van der Waals surface area (Å²) in [6.45, 7) is 2.13. The molecule has 1 aromatic carbocycles. The Hall–Kier alpha value is -2.11. The van der Waals surface area contributed by atoms with E-state index in [1.807, 2.05) is 0 Å². The fraction of sp³-hybridized carbons (Fsp3) is 0.500. The van der Waals surface area contributed by atoms with Crippen molar-refractivity contribution in [3.8, 4) is 0 Å². The van der Waals surface area contributed by atoms with Gasteiger partial charge in [0.2, 0.25) is 0 Å². The average molecular weight is 278 g/mol. The lowest BCUT2D eigenvalue weighted by Gasteiger charge is -2.18. The van der Waals surface area contributed by atoms with E-state index in [2.05, 4.69) is 17.0 Å². The second kappa shape index (κ2) is 5.90. The lowest BCUT2D eigenvalue weighted by atomic mass is 10.1. The number of methoxy groups -OCH3 is 1. The normalized spacial score (nSPS) is 21.5. The van der Waals surface area contributed by atoms with E-state index < -0.39 is 10.9 Å². The van der Waals surface area contributed by atoms with Crippen molar-refractivity contribution in [1.82, 2.24) is 0 Å². The maximum Gasteiger partial charge on any atom is 0.337 e. The number of nitrogens with one attached hydrogen (secondary N) is 1. The number of carbonyl (C=O) groups is 1. The molecule has 2 unspecified atom stereocenters. The highest BCUT2D eigenvalue weighted by atomic mass is 16.6. The van der Waals surface area contributed by atoms with Gasteiger partial charge in [-0.2, -0.15) is 0 Å². The summed E-state index contributed by atoms with van der Waals surface area (Å²) < 4.78 is 4.65. The zero-order chi connectivity index (χ0) is 14.7. The molecule has 0 saturated heterocycles. The van der Waals surface area contributed by atoms with E-state index in [9.17, 15) is 14.9 Å². The summed E-state index contributed by atoms with van der Waals surface area (Å²) in [7, 11) is 1.29. The van der Waals surface area contributed by atoms with Crippen LogP contribution in [0.4, 0.5) is 11.4 Å². The highest BCUT2D eigenvalue weighted by molar-refractivity contribution is 5.91. The van der Waals surface area contributed by atoms with Crippen molar-refractivity contribution in [2.75, 3.05) is 12.4 Å². The number of esters is 1. The Bertz CT molecular complexity index is 530. The second-order valence-electron chi connectivity index (χ2n) is 5.14. The molecule has 2 atom stereocenters. The third-order valence-corrected chi connectivity index (χ3v) is 3.82. The number of anilines is 1. The van der Waals surface area contributed by atoms with Gasteiger partial charge in [0.1, 0.15) is 5.69 Å². The molecule has 108 valence electrons. The van der Waals surface area contributed by atoms with E-state index in [1.165, 1.54) is 25.3 Å².